The molecule has 74 valence electrons. The van der Waals surface area contributed by atoms with Crippen molar-refractivity contribution in [1.29, 1.82) is 0 Å². The number of halogens is 2. The van der Waals surface area contributed by atoms with Gasteiger partial charge in [-0.25, -0.2) is 13.8 Å². The molecule has 0 N–H and O–H groups in total. The summed E-state index contributed by atoms with van der Waals surface area (Å²) in [5.41, 5.74) is 23.4. The zero-order valence-electron chi connectivity index (χ0n) is 6.83. The number of rotatable bonds is 2. The van der Waals surface area contributed by atoms with Crippen LogP contribution in [0.3, 0.4) is 0 Å². The van der Waals surface area contributed by atoms with E-state index in [-0.39, 0.29) is 0 Å². The Morgan fingerprint density at radius 2 is 1.47 bits per heavy atom. The van der Waals surface area contributed by atoms with Crippen molar-refractivity contribution in [3.05, 3.63) is 32.5 Å². The molecule has 1 aromatic rings. The molecule has 0 bridgehead atoms. The summed E-state index contributed by atoms with van der Waals surface area (Å²) in [6, 6.07) is 0. The van der Waals surface area contributed by atoms with Crippen molar-refractivity contribution < 1.29 is 8.78 Å². The molecule has 8 nitrogen and oxygen atoms in total. The van der Waals surface area contributed by atoms with E-state index >= 15 is 0 Å². The van der Waals surface area contributed by atoms with E-state index in [1.807, 2.05) is 0 Å². The first kappa shape index (κ1) is 10.5. The quantitative estimate of drug-likeness (QED) is 0.414. The number of hydrogen-bond acceptors (Lipinski definition) is 3. The average Bonchev–Trinajstić information content (AvgIpc) is 2.22. The normalized spacial score (nSPS) is 8.93. The molecule has 0 spiro atoms. The maximum absolute atomic E-state index is 12.9. The van der Waals surface area contributed by atoms with E-state index in [0.717, 1.165) is 0 Å². The summed E-state index contributed by atoms with van der Waals surface area (Å²) in [6.07, 6.45) is 0. The van der Waals surface area contributed by atoms with Gasteiger partial charge in [0.05, 0.1) is 0 Å². The maximum atomic E-state index is 12.9. The third-order valence-electron chi connectivity index (χ3n) is 1.30. The Hall–Kier alpha value is -2.57. The van der Waals surface area contributed by atoms with Crippen LogP contribution in [0.15, 0.2) is 10.2 Å². The fourth-order valence-electron chi connectivity index (χ4n) is 0.724. The maximum Gasteiger partial charge on any atom is 0.181 e. The number of aromatic nitrogens is 1. The van der Waals surface area contributed by atoms with Gasteiger partial charge in [0.25, 0.3) is 0 Å². The van der Waals surface area contributed by atoms with E-state index in [0.29, 0.717) is 0 Å². The summed E-state index contributed by atoms with van der Waals surface area (Å²) in [6.45, 7) is 0. The molecule has 0 aliphatic heterocycles. The van der Waals surface area contributed by atoms with Gasteiger partial charge in [-0.3, -0.25) is 0 Å². The summed E-state index contributed by atoms with van der Waals surface area (Å²) in [4.78, 5) is 7.45. The minimum absolute atomic E-state index is 0.904. The van der Waals surface area contributed by atoms with Crippen LogP contribution >= 0.6 is 0 Å². The van der Waals surface area contributed by atoms with Gasteiger partial charge < -0.3 is 0 Å². The summed E-state index contributed by atoms with van der Waals surface area (Å²) < 4.78 is 25.8. The molecule has 15 heavy (non-hydrogen) atoms. The molecule has 0 atom stereocenters. The number of pyridine rings is 1. The molecular weight excluding hydrogens is 210 g/mol. The number of nitrogens with zero attached hydrogens (tertiary/aromatic N) is 8. The van der Waals surface area contributed by atoms with E-state index in [9.17, 15) is 8.78 Å². The lowest BCUT2D eigenvalue weighted by molar-refractivity contribution is 0.579. The molecule has 0 amide bonds. The molecule has 2 radical (unpaired) electrons. The van der Waals surface area contributed by atoms with Crippen LogP contribution in [-0.4, -0.2) is 4.98 Å². The van der Waals surface area contributed by atoms with Crippen LogP contribution in [0.25, 0.3) is 20.9 Å². The van der Waals surface area contributed by atoms with Gasteiger partial charge in [-0.1, -0.05) is 0 Å². The van der Waals surface area contributed by atoms with Crippen LogP contribution in [0.1, 0.15) is 0 Å². The van der Waals surface area contributed by atoms with Crippen molar-refractivity contribution >= 4 is 17.3 Å². The molecule has 10 heteroatoms. The average molecular weight is 210 g/mol. The fraction of sp³-hybridized carbons (Fsp3) is 0. The Morgan fingerprint density at radius 3 is 1.80 bits per heavy atom. The first-order valence-corrected chi connectivity index (χ1v) is 3.30. The minimum Gasteiger partial charge on any atom is -0.238 e. The highest BCUT2D eigenvalue weighted by atomic mass is 19.1. The van der Waals surface area contributed by atoms with Crippen molar-refractivity contribution in [1.82, 2.24) is 10.7 Å². The lowest BCUT2D eigenvalue weighted by Gasteiger charge is -2.00. The van der Waals surface area contributed by atoms with Crippen molar-refractivity contribution in [3.8, 4) is 0 Å². The first-order chi connectivity index (χ1) is 7.11. The van der Waals surface area contributed by atoms with Crippen LogP contribution in [-0.2, 0) is 0 Å². The molecule has 0 fully saturated rings. The number of azide groups is 2. The molecule has 0 unspecified atom stereocenters. The second-order valence-corrected chi connectivity index (χ2v) is 2.11. The van der Waals surface area contributed by atoms with Crippen molar-refractivity contribution in [3.63, 3.8) is 0 Å². The summed E-state index contributed by atoms with van der Waals surface area (Å²) in [5, 5.41) is 5.47. The highest BCUT2D eigenvalue weighted by molar-refractivity contribution is 5.54. The van der Waals surface area contributed by atoms with Crippen LogP contribution in [0, 0.1) is 11.6 Å². The summed E-state index contributed by atoms with van der Waals surface area (Å²) >= 11 is 0. The molecule has 0 saturated carbocycles. The van der Waals surface area contributed by atoms with Gasteiger partial charge in [0.1, 0.15) is 0 Å². The SMILES string of the molecule is [N]c1c(F)c(N=[N+]=[N-])nc(N=[N+]=[N-])c1F. The van der Waals surface area contributed by atoms with Gasteiger partial charge in [-0.05, 0) is 21.3 Å². The largest absolute Gasteiger partial charge is 0.238 e. The third-order valence-corrected chi connectivity index (χ3v) is 1.30. The first-order valence-electron chi connectivity index (χ1n) is 3.30. The zero-order valence-corrected chi connectivity index (χ0v) is 6.83. The summed E-state index contributed by atoms with van der Waals surface area (Å²) in [7, 11) is 0. The van der Waals surface area contributed by atoms with Gasteiger partial charge in [-0.2, -0.15) is 0 Å². The van der Waals surface area contributed by atoms with Crippen molar-refractivity contribution in [2.45, 2.75) is 0 Å². The second-order valence-electron chi connectivity index (χ2n) is 2.11. The van der Waals surface area contributed by atoms with Gasteiger partial charge in [-0.15, -0.1) is 5.73 Å². The van der Waals surface area contributed by atoms with E-state index in [1.165, 1.54) is 0 Å². The Balaban J connectivity index is 3.58. The lowest BCUT2D eigenvalue weighted by atomic mass is 10.3. The molecule has 1 rings (SSSR count). The molecule has 0 aliphatic carbocycles. The highest BCUT2D eigenvalue weighted by Gasteiger charge is 2.17. The Labute approximate surface area is 80.6 Å². The molecule has 1 aromatic heterocycles. The molecule has 0 aromatic carbocycles. The zero-order chi connectivity index (χ0) is 11.4. The Morgan fingerprint density at radius 1 is 1.07 bits per heavy atom. The van der Waals surface area contributed by atoms with E-state index < -0.39 is 29.0 Å². The predicted molar refractivity (Wildman–Crippen MR) is 43.6 cm³/mol. The van der Waals surface area contributed by atoms with Crippen molar-refractivity contribution in [2.75, 3.05) is 0 Å². The predicted octanol–water partition coefficient (Wildman–Crippen LogP) is 2.94. The van der Waals surface area contributed by atoms with Gasteiger partial charge in [0.15, 0.2) is 29.0 Å². The van der Waals surface area contributed by atoms with Crippen LogP contribution < -0.4 is 5.73 Å². The fourth-order valence-corrected chi connectivity index (χ4v) is 0.724. The minimum atomic E-state index is -1.53. The van der Waals surface area contributed by atoms with Gasteiger partial charge in [0, 0.05) is 9.82 Å². The Bertz CT molecular complexity index is 456. The topological polar surface area (TPSA) is 133 Å². The molecule has 1 heterocycles. The van der Waals surface area contributed by atoms with Gasteiger partial charge >= 0.3 is 0 Å². The highest BCUT2D eigenvalue weighted by Crippen LogP contribution is 2.30. The van der Waals surface area contributed by atoms with Crippen molar-refractivity contribution in [2.24, 2.45) is 10.2 Å². The number of hydrogen-bond donors (Lipinski definition) is 0. The Kier molecular flexibility index (Phi) is 2.87. The molecular formula is C5F2N8. The van der Waals surface area contributed by atoms with E-state index in [4.69, 9.17) is 16.8 Å². The van der Waals surface area contributed by atoms with Gasteiger partial charge in [0.2, 0.25) is 0 Å². The second kappa shape index (κ2) is 4.09. The van der Waals surface area contributed by atoms with Crippen LogP contribution in [0.5, 0.6) is 0 Å². The molecule has 0 saturated heterocycles. The lowest BCUT2D eigenvalue weighted by Crippen LogP contribution is -1.91. The smallest absolute Gasteiger partial charge is 0.181 e. The van der Waals surface area contributed by atoms with E-state index in [2.05, 4.69) is 25.0 Å². The van der Waals surface area contributed by atoms with Crippen LogP contribution in [0.2, 0.25) is 0 Å². The summed E-state index contributed by atoms with van der Waals surface area (Å²) in [5.74, 6) is -4.86. The van der Waals surface area contributed by atoms with E-state index in [1.54, 1.807) is 0 Å². The molecule has 0 aliphatic rings. The standard InChI is InChI=1S/C5F2N8/c6-1-3(8)2(7)5(13-15-10)11-4(1)12-14-9. The van der Waals surface area contributed by atoms with Crippen LogP contribution in [0.4, 0.5) is 26.1 Å². The third kappa shape index (κ3) is 1.85. The monoisotopic (exact) mass is 210 g/mol.